The molecule has 8 aromatic rings. The summed E-state index contributed by atoms with van der Waals surface area (Å²) in [6, 6.07) is 17.5. The molecule has 27 heteroatoms. The van der Waals surface area contributed by atoms with E-state index in [0.29, 0.717) is 68.9 Å². The second kappa shape index (κ2) is 37.5. The van der Waals surface area contributed by atoms with Gasteiger partial charge in [0.05, 0.1) is 58.3 Å². The first-order valence-electron chi connectivity index (χ1n) is 43.3. The fraction of sp³-hybridized carbons (Fsp3) is 0.495. The molecule has 126 heavy (non-hydrogen) atoms. The van der Waals surface area contributed by atoms with E-state index in [1.54, 1.807) is 18.2 Å². The molecular formula is C99H120O27. The van der Waals surface area contributed by atoms with Crippen LogP contribution in [0.2, 0.25) is 0 Å². The number of ether oxygens (including phenoxy) is 8. The van der Waals surface area contributed by atoms with Gasteiger partial charge >= 0.3 is 23.5 Å². The number of aliphatic carboxylic acids is 2. The summed E-state index contributed by atoms with van der Waals surface area (Å²) < 4.78 is 59.4. The number of methoxy groups -OCH3 is 5. The van der Waals surface area contributed by atoms with Gasteiger partial charge in [0.2, 0.25) is 28.1 Å². The standard InChI is InChI=1S/C19H18O8.C15H10O7.C15H20O3.C15H24O2.C15H22O2.C10H8O4.C10H18O/c1-23-11-6-5-9(7-10(11)20)17-19(26-4)16(22)14-12(27-17)8-13(24-2)18(25-3)15(14)21;16-7-4-10(19)12-11(5-7)22-15(14(21)13(12)20)6-1-2-8(17)9(18)3-6;1-8-4-5-11-9(2)12(16)17-15(11)10(8)6-7-14(3)13(15)18-14;2*1-9-4-6-12-10(2)5-7-13(14(12)8-9)11(3)15(16)17;1-13-9-4-6-2-3-10(12)14-8(6)5-7(9)11;1-9(2)8-4-6-10(3,11-9)7-5-8/h5-8,20-21H,1-4H3;1-5,16-19,21H;8,10-11,13H,2,4-7H2,1,3H3;8,10-14H,4-7H2,1-3H3,(H,16,17);8,10,12-14H,3-7H2,1-2H3,(H,16,17);2-5,11H,1H3;8H,4-7H2,1-3H3/t;;8-,10+,11+,13-,14-,15-;10-,11-,12?,13+,14?;10-,12?,13+,14?;;/m..111../s1. The van der Waals surface area contributed by atoms with Gasteiger partial charge < -0.3 is 102 Å². The summed E-state index contributed by atoms with van der Waals surface area (Å²) in [5.74, 6) is 2.05. The molecule has 10 N–H and O–H groups in total. The summed E-state index contributed by atoms with van der Waals surface area (Å²) in [5, 5.41) is 96.5. The lowest BCUT2D eigenvalue weighted by atomic mass is 9.56. The van der Waals surface area contributed by atoms with Gasteiger partial charge in [0, 0.05) is 69.8 Å². The smallest absolute Gasteiger partial charge is 0.336 e. The van der Waals surface area contributed by atoms with Gasteiger partial charge in [-0.3, -0.25) is 14.4 Å². The summed E-state index contributed by atoms with van der Waals surface area (Å²) >= 11 is 0. The number of fused-ring (bicyclic) bond motifs is 9. The number of carbonyl (C=O) groups is 3. The number of phenolic OH excluding ortho intramolecular Hbond substituents is 7. The SMILES string of the molecule is C=C(C(=O)O)[C@@H]1CC[C@@H](C)C2CCC(C)=CC21.C=C1C(=O)O[C@@]23[C@H]1CC[C@@H](C)[C@@H]2CC[C@@]1(C)O[C@@H]31.CC12CCC(CC1)C(C)(C)O2.CC1=CC2C(CC1)[C@H](C)CC[C@H]2[C@@H](C)C(=O)O.COc1cc2ccc(=O)oc2cc1O.COc1ccc(-c2oc3cc(OC)c(OC)c(O)c3c(=O)c2OC)cc1O.O=c1c(O)c(-c2ccc(O)c(O)c2)oc2cc(O)cc(O)c12. The molecule has 5 aromatic carbocycles. The topological polar surface area (TPSA) is 421 Å². The van der Waals surface area contributed by atoms with E-state index in [4.69, 9.17) is 56.3 Å². The average molecular weight is 1740 g/mol. The fourth-order valence-corrected chi connectivity index (χ4v) is 21.3. The van der Waals surface area contributed by atoms with Gasteiger partial charge in [0.1, 0.15) is 45.1 Å². The molecule has 19 rings (SSSR count). The zero-order chi connectivity index (χ0) is 91.8. The Morgan fingerprint density at radius 2 is 1.12 bits per heavy atom. The van der Waals surface area contributed by atoms with Crippen LogP contribution < -0.4 is 40.2 Å². The van der Waals surface area contributed by atoms with Crippen LogP contribution >= 0.6 is 0 Å². The monoisotopic (exact) mass is 1740 g/mol. The summed E-state index contributed by atoms with van der Waals surface area (Å²) in [4.78, 5) is 70.3. The van der Waals surface area contributed by atoms with E-state index in [0.717, 1.165) is 86.5 Å². The first-order chi connectivity index (χ1) is 59.6. The third kappa shape index (κ3) is 18.8. The lowest BCUT2D eigenvalue weighted by Crippen LogP contribution is -2.57. The molecule has 7 heterocycles. The molecule has 9 fully saturated rings. The molecule has 5 saturated carbocycles. The Balaban J connectivity index is 0.000000136. The number of hydrogen-bond acceptors (Lipinski definition) is 25. The van der Waals surface area contributed by atoms with Crippen molar-refractivity contribution in [1.82, 2.24) is 0 Å². The van der Waals surface area contributed by atoms with Crippen LogP contribution in [0.25, 0.3) is 55.6 Å². The summed E-state index contributed by atoms with van der Waals surface area (Å²) in [7, 11) is 6.93. The lowest BCUT2D eigenvalue weighted by Gasteiger charge is -2.54. The summed E-state index contributed by atoms with van der Waals surface area (Å²) in [5.41, 5.74) is 2.81. The van der Waals surface area contributed by atoms with E-state index in [9.17, 15) is 74.7 Å². The van der Waals surface area contributed by atoms with Crippen LogP contribution in [-0.4, -0.2) is 133 Å². The van der Waals surface area contributed by atoms with E-state index < -0.39 is 51.4 Å². The Kier molecular flexibility index (Phi) is 27.9. The van der Waals surface area contributed by atoms with Gasteiger partial charge in [-0.2, -0.15) is 0 Å². The molecule has 11 aliphatic rings. The van der Waals surface area contributed by atoms with Crippen LogP contribution in [0, 0.1) is 76.9 Å². The molecule has 4 aliphatic heterocycles. The number of carboxylic acids is 2. The van der Waals surface area contributed by atoms with Gasteiger partial charge in [-0.15, -0.1) is 0 Å². The molecule has 2 bridgehead atoms. The van der Waals surface area contributed by atoms with E-state index >= 15 is 0 Å². The predicted molar refractivity (Wildman–Crippen MR) is 473 cm³/mol. The minimum atomic E-state index is -0.888. The van der Waals surface area contributed by atoms with E-state index in [-0.39, 0.29) is 137 Å². The van der Waals surface area contributed by atoms with Crippen LogP contribution in [0.15, 0.2) is 154 Å². The summed E-state index contributed by atoms with van der Waals surface area (Å²) in [6.07, 6.45) is 23.8. The van der Waals surface area contributed by atoms with Crippen molar-refractivity contribution in [3.05, 3.63) is 157 Å². The molecule has 4 saturated heterocycles. The van der Waals surface area contributed by atoms with E-state index in [1.807, 2.05) is 6.92 Å². The Labute approximate surface area is 731 Å². The number of phenols is 7. The molecule has 0 amide bonds. The third-order valence-electron chi connectivity index (χ3n) is 28.4. The van der Waals surface area contributed by atoms with Crippen molar-refractivity contribution in [2.24, 2.45) is 76.9 Å². The van der Waals surface area contributed by atoms with Gasteiger partial charge in [-0.25, -0.2) is 14.4 Å². The first kappa shape index (κ1) is 93.6. The van der Waals surface area contributed by atoms with Crippen molar-refractivity contribution in [2.45, 2.75) is 200 Å². The molecule has 7 aliphatic carbocycles. The van der Waals surface area contributed by atoms with Crippen LogP contribution in [-0.2, 0) is 28.6 Å². The predicted octanol–water partition coefficient (Wildman–Crippen LogP) is 19.0. The highest BCUT2D eigenvalue weighted by atomic mass is 16.7. The quantitative estimate of drug-likeness (QED) is 0.0144. The molecule has 4 unspecified atom stereocenters. The highest BCUT2D eigenvalue weighted by Gasteiger charge is 2.76. The minimum Gasteiger partial charge on any atom is -0.508 e. The second-order valence-electron chi connectivity index (χ2n) is 36.7. The van der Waals surface area contributed by atoms with Gasteiger partial charge in [-0.05, 0) is 246 Å². The normalized spacial score (nSPS) is 28.0. The van der Waals surface area contributed by atoms with Gasteiger partial charge in [-0.1, -0.05) is 70.6 Å². The molecule has 15 atom stereocenters. The second-order valence-corrected chi connectivity index (χ2v) is 36.7. The molecule has 27 nitrogen and oxygen atoms in total. The van der Waals surface area contributed by atoms with Crippen molar-refractivity contribution in [3.8, 4) is 97.4 Å². The maximum Gasteiger partial charge on any atom is 0.336 e. The Bertz CT molecular complexity index is 5710. The highest BCUT2D eigenvalue weighted by molar-refractivity contribution is 5.93. The number of hydrogen-bond donors (Lipinski definition) is 10. The van der Waals surface area contributed by atoms with Crippen molar-refractivity contribution < 1.29 is 117 Å². The number of allylic oxidation sites excluding steroid dienone is 4. The number of epoxide rings is 1. The Morgan fingerprint density at radius 3 is 1.71 bits per heavy atom. The van der Waals surface area contributed by atoms with Crippen LogP contribution in [0.4, 0.5) is 0 Å². The van der Waals surface area contributed by atoms with Crippen LogP contribution in [0.3, 0.4) is 0 Å². The van der Waals surface area contributed by atoms with Gasteiger partial charge in [0.15, 0.2) is 63.1 Å². The Morgan fingerprint density at radius 1 is 0.532 bits per heavy atom. The van der Waals surface area contributed by atoms with Crippen molar-refractivity contribution in [2.75, 3.05) is 35.5 Å². The molecule has 1 spiro atoms. The number of rotatable bonds is 11. The fourth-order valence-electron chi connectivity index (χ4n) is 21.3. The maximum atomic E-state index is 12.9. The van der Waals surface area contributed by atoms with Crippen molar-refractivity contribution in [3.63, 3.8) is 0 Å². The number of carboxylic acid groups (broad SMARTS) is 2. The number of esters is 1. The molecule has 3 aromatic heterocycles. The van der Waals surface area contributed by atoms with E-state index in [2.05, 4.69) is 87.6 Å². The average Bonchev–Trinajstić information content (AvgIpc) is 1.50. The zero-order valence-electron chi connectivity index (χ0n) is 74.4. The largest absolute Gasteiger partial charge is 0.508 e. The first-order valence-corrected chi connectivity index (χ1v) is 43.3. The van der Waals surface area contributed by atoms with Crippen molar-refractivity contribution >= 4 is 50.8 Å². The minimum absolute atomic E-state index is 0.00851. The molecular weight excluding hydrogens is 1620 g/mol. The number of aromatic hydroxyl groups is 8. The van der Waals surface area contributed by atoms with Crippen LogP contribution in [0.1, 0.15) is 172 Å². The highest BCUT2D eigenvalue weighted by Crippen LogP contribution is 2.66. The lowest BCUT2D eigenvalue weighted by molar-refractivity contribution is -0.229. The zero-order valence-corrected chi connectivity index (χ0v) is 74.4. The van der Waals surface area contributed by atoms with Crippen molar-refractivity contribution in [1.29, 1.82) is 0 Å². The molecule has 0 radical (unpaired) electrons. The third-order valence-corrected chi connectivity index (χ3v) is 28.4. The maximum absolute atomic E-state index is 12.9. The number of carbonyl (C=O) groups excluding carboxylic acids is 1. The van der Waals surface area contributed by atoms with E-state index in [1.165, 1.54) is 147 Å². The van der Waals surface area contributed by atoms with Gasteiger partial charge in [0.25, 0.3) is 0 Å². The summed E-state index contributed by atoms with van der Waals surface area (Å²) in [6.45, 7) is 29.9. The molecule has 678 valence electrons. The number of benzene rings is 5. The Hall–Kier alpha value is -11.6. The van der Waals surface area contributed by atoms with Crippen LogP contribution in [0.5, 0.6) is 74.7 Å².